The van der Waals surface area contributed by atoms with Crippen LogP contribution in [0.4, 0.5) is 0 Å². The molecular formula is C13H25BO4. The van der Waals surface area contributed by atoms with Crippen molar-refractivity contribution < 1.29 is 19.9 Å². The molecule has 0 unspecified atom stereocenters. The van der Waals surface area contributed by atoms with E-state index < -0.39 is 7.12 Å². The number of hydrogen-bond acceptors (Lipinski definition) is 4. The topological polar surface area (TPSA) is 69.9 Å². The summed E-state index contributed by atoms with van der Waals surface area (Å²) in [7, 11) is 0.223. The van der Waals surface area contributed by atoms with Crippen LogP contribution in [-0.2, 0) is 4.74 Å². The molecule has 0 aliphatic rings. The number of rotatable bonds is 3. The van der Waals surface area contributed by atoms with Gasteiger partial charge in [-0.2, -0.15) is 0 Å². The van der Waals surface area contributed by atoms with Gasteiger partial charge in [0.15, 0.2) is 0 Å². The highest BCUT2D eigenvalue weighted by atomic mass is 16.5. The molecule has 0 aromatic heterocycles. The molecule has 18 heavy (non-hydrogen) atoms. The Morgan fingerprint density at radius 1 is 1.00 bits per heavy atom. The highest BCUT2D eigenvalue weighted by Gasteiger charge is 2.08. The number of unbranched alkanes of at least 4 members (excludes halogenated alkanes) is 1. The summed E-state index contributed by atoms with van der Waals surface area (Å²) in [6.07, 6.45) is 2.64. The van der Waals surface area contributed by atoms with Crippen LogP contribution in [0.15, 0.2) is 24.3 Å². The monoisotopic (exact) mass is 256 g/mol. The van der Waals surface area contributed by atoms with Gasteiger partial charge in [-0.25, -0.2) is 0 Å². The van der Waals surface area contributed by atoms with Crippen LogP contribution in [-0.4, -0.2) is 36.0 Å². The molecular weight excluding hydrogens is 231 g/mol. The third-order valence-corrected chi connectivity index (χ3v) is 1.98. The second-order valence-corrected chi connectivity index (χ2v) is 3.54. The Bertz CT molecular complexity index is 254. The van der Waals surface area contributed by atoms with Gasteiger partial charge in [-0.15, -0.1) is 0 Å². The fourth-order valence-corrected chi connectivity index (χ4v) is 0.646. The predicted octanol–water partition coefficient (Wildman–Crippen LogP) is 1.53. The van der Waals surface area contributed by atoms with E-state index in [0.717, 1.165) is 6.61 Å². The number of methoxy groups -OCH3 is 1. The predicted molar refractivity (Wildman–Crippen MR) is 76.1 cm³/mol. The molecule has 0 saturated heterocycles. The minimum absolute atomic E-state index is 0.115. The van der Waals surface area contributed by atoms with E-state index >= 15 is 0 Å². The fourth-order valence-electron chi connectivity index (χ4n) is 0.646. The average Bonchev–Trinajstić information content (AvgIpc) is 2.40. The molecule has 1 aromatic rings. The van der Waals surface area contributed by atoms with E-state index in [9.17, 15) is 0 Å². The van der Waals surface area contributed by atoms with Crippen molar-refractivity contribution in [1.29, 1.82) is 0 Å². The van der Waals surface area contributed by atoms with Gasteiger partial charge in [0, 0.05) is 13.7 Å². The summed E-state index contributed by atoms with van der Waals surface area (Å²) < 4.78 is 4.54. The zero-order chi connectivity index (χ0) is 14.4. The van der Waals surface area contributed by atoms with Crippen molar-refractivity contribution in [3.63, 3.8) is 0 Å². The SMILES string of the molecule is CCCC.CCOC.OB(O)c1ccc(O)cc1. The first-order chi connectivity index (χ1) is 8.53. The van der Waals surface area contributed by atoms with Gasteiger partial charge in [-0.3, -0.25) is 0 Å². The second kappa shape index (κ2) is 14.0. The van der Waals surface area contributed by atoms with E-state index in [2.05, 4.69) is 18.6 Å². The molecule has 1 aromatic carbocycles. The van der Waals surface area contributed by atoms with E-state index in [0.29, 0.717) is 5.46 Å². The van der Waals surface area contributed by atoms with E-state index in [4.69, 9.17) is 15.2 Å². The Morgan fingerprint density at radius 2 is 1.39 bits per heavy atom. The van der Waals surface area contributed by atoms with Crippen molar-refractivity contribution in [1.82, 2.24) is 0 Å². The molecule has 4 nitrogen and oxygen atoms in total. The van der Waals surface area contributed by atoms with Gasteiger partial charge in [-0.1, -0.05) is 38.8 Å². The average molecular weight is 256 g/mol. The summed E-state index contributed by atoms with van der Waals surface area (Å²) in [5, 5.41) is 26.0. The van der Waals surface area contributed by atoms with Crippen LogP contribution in [0.2, 0.25) is 0 Å². The van der Waals surface area contributed by atoms with Gasteiger partial charge in [0.2, 0.25) is 0 Å². The molecule has 5 heteroatoms. The molecule has 0 saturated carbocycles. The molecule has 0 amide bonds. The van der Waals surface area contributed by atoms with Crippen LogP contribution in [0.5, 0.6) is 5.75 Å². The van der Waals surface area contributed by atoms with E-state index in [-0.39, 0.29) is 5.75 Å². The lowest BCUT2D eigenvalue weighted by molar-refractivity contribution is 0.215. The van der Waals surface area contributed by atoms with Gasteiger partial charge >= 0.3 is 7.12 Å². The van der Waals surface area contributed by atoms with Crippen LogP contribution in [0.25, 0.3) is 0 Å². The van der Waals surface area contributed by atoms with Crippen molar-refractivity contribution in [2.75, 3.05) is 13.7 Å². The Labute approximate surface area is 110 Å². The summed E-state index contributed by atoms with van der Waals surface area (Å²) in [5.74, 6) is 0.115. The van der Waals surface area contributed by atoms with Crippen LogP contribution in [0.1, 0.15) is 33.6 Å². The molecule has 0 aliphatic carbocycles. The van der Waals surface area contributed by atoms with Crippen LogP contribution < -0.4 is 5.46 Å². The Morgan fingerprint density at radius 3 is 1.61 bits per heavy atom. The zero-order valence-corrected chi connectivity index (χ0v) is 11.8. The highest BCUT2D eigenvalue weighted by molar-refractivity contribution is 6.58. The van der Waals surface area contributed by atoms with Crippen LogP contribution in [0, 0.1) is 0 Å². The first-order valence-electron chi connectivity index (χ1n) is 6.17. The summed E-state index contributed by atoms with van der Waals surface area (Å²) in [4.78, 5) is 0. The Hall–Kier alpha value is -1.04. The maximum atomic E-state index is 8.78. The first kappa shape index (κ1) is 19.3. The van der Waals surface area contributed by atoms with Crippen molar-refractivity contribution >= 4 is 12.6 Å². The number of aromatic hydroxyl groups is 1. The van der Waals surface area contributed by atoms with Crippen LogP contribution >= 0.6 is 0 Å². The number of phenols is 1. The number of hydrogen-bond donors (Lipinski definition) is 3. The van der Waals surface area contributed by atoms with Crippen molar-refractivity contribution in [3.05, 3.63) is 24.3 Å². The summed E-state index contributed by atoms with van der Waals surface area (Å²) in [6.45, 7) is 7.14. The van der Waals surface area contributed by atoms with Crippen LogP contribution in [0.3, 0.4) is 0 Å². The second-order valence-electron chi connectivity index (χ2n) is 3.54. The van der Waals surface area contributed by atoms with E-state index in [1.54, 1.807) is 7.11 Å². The molecule has 0 heterocycles. The third kappa shape index (κ3) is 13.0. The largest absolute Gasteiger partial charge is 0.508 e. The van der Waals surface area contributed by atoms with Gasteiger partial charge < -0.3 is 19.9 Å². The van der Waals surface area contributed by atoms with Crippen molar-refractivity contribution in [2.24, 2.45) is 0 Å². The number of benzene rings is 1. The van der Waals surface area contributed by atoms with Crippen molar-refractivity contribution in [2.45, 2.75) is 33.6 Å². The summed E-state index contributed by atoms with van der Waals surface area (Å²) in [5.41, 5.74) is 0.373. The molecule has 1 rings (SSSR count). The van der Waals surface area contributed by atoms with Gasteiger partial charge in [0.1, 0.15) is 5.75 Å². The molecule has 0 spiro atoms. The Balaban J connectivity index is 0. The van der Waals surface area contributed by atoms with E-state index in [1.165, 1.54) is 37.1 Å². The van der Waals surface area contributed by atoms with E-state index in [1.807, 2.05) is 6.92 Å². The smallest absolute Gasteiger partial charge is 0.488 e. The lowest BCUT2D eigenvalue weighted by Crippen LogP contribution is -2.29. The molecule has 0 atom stereocenters. The van der Waals surface area contributed by atoms with Crippen molar-refractivity contribution in [3.8, 4) is 5.75 Å². The lowest BCUT2D eigenvalue weighted by atomic mass is 9.80. The number of phenolic OH excluding ortho intramolecular Hbond substituents is 1. The summed E-state index contributed by atoms with van der Waals surface area (Å²) in [6, 6.07) is 5.68. The maximum absolute atomic E-state index is 8.78. The number of ether oxygens (including phenoxy) is 1. The highest BCUT2D eigenvalue weighted by Crippen LogP contribution is 2.02. The lowest BCUT2D eigenvalue weighted by Gasteiger charge is -1.96. The third-order valence-electron chi connectivity index (χ3n) is 1.98. The van der Waals surface area contributed by atoms with Gasteiger partial charge in [-0.05, 0) is 24.5 Å². The quantitative estimate of drug-likeness (QED) is 0.717. The minimum atomic E-state index is -1.46. The molecule has 3 N–H and O–H groups in total. The molecule has 0 fully saturated rings. The Kier molecular flexibility index (Phi) is 15.0. The van der Waals surface area contributed by atoms with Gasteiger partial charge in [0.25, 0.3) is 0 Å². The zero-order valence-electron chi connectivity index (χ0n) is 11.8. The van der Waals surface area contributed by atoms with Gasteiger partial charge in [0.05, 0.1) is 0 Å². The minimum Gasteiger partial charge on any atom is -0.508 e. The molecule has 104 valence electrons. The summed E-state index contributed by atoms with van der Waals surface area (Å²) >= 11 is 0. The molecule has 0 bridgehead atoms. The fraction of sp³-hybridized carbons (Fsp3) is 0.538. The normalized spacial score (nSPS) is 8.56. The molecule has 0 aliphatic heterocycles. The molecule has 0 radical (unpaired) electrons. The first-order valence-corrected chi connectivity index (χ1v) is 6.17. The maximum Gasteiger partial charge on any atom is 0.488 e. The standard InChI is InChI=1S/C6H7BO3.C4H10.C3H8O/c8-6-3-1-5(2-4-6)7(9)10;2*1-3-4-2/h1-4,8-10H;3-4H2,1-2H3;3H2,1-2H3.